The van der Waals surface area contributed by atoms with Gasteiger partial charge in [-0.05, 0) is 24.1 Å². The maximum atomic E-state index is 11.9. The number of carboxylic acids is 1. The summed E-state index contributed by atoms with van der Waals surface area (Å²) in [6.45, 7) is 2.04. The van der Waals surface area contributed by atoms with Crippen molar-refractivity contribution in [1.29, 1.82) is 0 Å². The van der Waals surface area contributed by atoms with Crippen LogP contribution in [0.4, 0.5) is 0 Å². The van der Waals surface area contributed by atoms with Gasteiger partial charge in [0.1, 0.15) is 17.4 Å². The Hall–Kier alpha value is -2.10. The second-order valence-electron chi connectivity index (χ2n) is 3.86. The molecule has 4 heteroatoms. The third-order valence-electron chi connectivity index (χ3n) is 2.61. The molecule has 0 spiro atoms. The van der Waals surface area contributed by atoms with E-state index in [0.29, 0.717) is 11.0 Å². The average molecular weight is 232 g/mol. The molecule has 0 fully saturated rings. The molecular weight excluding hydrogens is 220 g/mol. The number of fused-ring (bicyclic) bond motifs is 1. The maximum Gasteiger partial charge on any atom is 0.342 e. The minimum atomic E-state index is -1.26. The Morgan fingerprint density at radius 3 is 2.82 bits per heavy atom. The van der Waals surface area contributed by atoms with E-state index in [-0.39, 0.29) is 5.56 Å². The highest BCUT2D eigenvalue weighted by atomic mass is 16.4. The van der Waals surface area contributed by atoms with Crippen molar-refractivity contribution in [2.24, 2.45) is 0 Å². The van der Waals surface area contributed by atoms with Gasteiger partial charge in [-0.1, -0.05) is 19.4 Å². The minimum absolute atomic E-state index is 0.328. The molecule has 0 aliphatic rings. The Bertz CT molecular complexity index is 625. The van der Waals surface area contributed by atoms with E-state index in [4.69, 9.17) is 9.52 Å². The standard InChI is InChI=1S/C13H12O4/c1-2-3-8-4-5-11-9(6-8)12(14)10(7-17-11)13(15)16/h4-7H,2-3H2,1H3,(H,15,16). The van der Waals surface area contributed by atoms with E-state index in [1.807, 2.05) is 13.0 Å². The minimum Gasteiger partial charge on any atom is -0.477 e. The molecule has 2 rings (SSSR count). The maximum absolute atomic E-state index is 11.9. The zero-order chi connectivity index (χ0) is 12.4. The summed E-state index contributed by atoms with van der Waals surface area (Å²) < 4.78 is 5.14. The van der Waals surface area contributed by atoms with Gasteiger partial charge in [0.15, 0.2) is 0 Å². The van der Waals surface area contributed by atoms with E-state index in [1.165, 1.54) is 0 Å². The molecule has 0 unspecified atom stereocenters. The van der Waals surface area contributed by atoms with Crippen molar-refractivity contribution in [3.05, 3.63) is 45.8 Å². The molecule has 17 heavy (non-hydrogen) atoms. The van der Waals surface area contributed by atoms with E-state index in [1.54, 1.807) is 12.1 Å². The molecule has 0 saturated heterocycles. The van der Waals surface area contributed by atoms with Gasteiger partial charge in [0.2, 0.25) is 5.43 Å². The Morgan fingerprint density at radius 1 is 1.41 bits per heavy atom. The summed E-state index contributed by atoms with van der Waals surface area (Å²) in [7, 11) is 0. The fraction of sp³-hybridized carbons (Fsp3) is 0.231. The van der Waals surface area contributed by atoms with Gasteiger partial charge in [0.25, 0.3) is 0 Å². The van der Waals surface area contributed by atoms with Crippen molar-refractivity contribution < 1.29 is 14.3 Å². The summed E-state index contributed by atoms with van der Waals surface area (Å²) in [5.74, 6) is -1.26. The molecule has 1 heterocycles. The number of hydrogen-bond donors (Lipinski definition) is 1. The summed E-state index contributed by atoms with van der Waals surface area (Å²) in [6, 6.07) is 5.29. The number of carboxylic acid groups (broad SMARTS) is 1. The molecule has 0 atom stereocenters. The SMILES string of the molecule is CCCc1ccc2occ(C(=O)O)c(=O)c2c1. The lowest BCUT2D eigenvalue weighted by molar-refractivity contribution is 0.0693. The zero-order valence-electron chi connectivity index (χ0n) is 9.40. The van der Waals surface area contributed by atoms with Crippen LogP contribution in [0.3, 0.4) is 0 Å². The van der Waals surface area contributed by atoms with Crippen molar-refractivity contribution in [2.75, 3.05) is 0 Å². The van der Waals surface area contributed by atoms with Crippen LogP contribution in [0.1, 0.15) is 29.3 Å². The van der Waals surface area contributed by atoms with Crippen LogP contribution in [-0.4, -0.2) is 11.1 Å². The third kappa shape index (κ3) is 2.06. The first-order valence-electron chi connectivity index (χ1n) is 5.41. The molecule has 0 radical (unpaired) electrons. The molecule has 0 aliphatic carbocycles. The molecule has 88 valence electrons. The summed E-state index contributed by atoms with van der Waals surface area (Å²) in [5.41, 5.74) is 0.609. The predicted octanol–water partition coefficient (Wildman–Crippen LogP) is 2.44. The lowest BCUT2D eigenvalue weighted by atomic mass is 10.1. The Morgan fingerprint density at radius 2 is 2.18 bits per heavy atom. The summed E-state index contributed by atoms with van der Waals surface area (Å²) in [6.07, 6.45) is 2.81. The largest absolute Gasteiger partial charge is 0.477 e. The second-order valence-corrected chi connectivity index (χ2v) is 3.86. The highest BCUT2D eigenvalue weighted by Gasteiger charge is 2.13. The van der Waals surface area contributed by atoms with Gasteiger partial charge < -0.3 is 9.52 Å². The van der Waals surface area contributed by atoms with E-state index in [2.05, 4.69) is 0 Å². The van der Waals surface area contributed by atoms with Crippen LogP contribution in [0.2, 0.25) is 0 Å². The monoisotopic (exact) mass is 232 g/mol. The van der Waals surface area contributed by atoms with Crippen LogP contribution in [0.5, 0.6) is 0 Å². The van der Waals surface area contributed by atoms with Crippen LogP contribution >= 0.6 is 0 Å². The number of rotatable bonds is 3. The van der Waals surface area contributed by atoms with Crippen LogP contribution < -0.4 is 5.43 Å². The molecular formula is C13H12O4. The van der Waals surface area contributed by atoms with Crippen LogP contribution in [0, 0.1) is 0 Å². The molecule has 0 aliphatic heterocycles. The molecule has 4 nitrogen and oxygen atoms in total. The second kappa shape index (κ2) is 4.41. The first-order valence-corrected chi connectivity index (χ1v) is 5.41. The van der Waals surface area contributed by atoms with E-state index in [9.17, 15) is 9.59 Å². The molecule has 1 N–H and O–H groups in total. The topological polar surface area (TPSA) is 67.5 Å². The molecule has 0 amide bonds. The lowest BCUT2D eigenvalue weighted by Crippen LogP contribution is -2.14. The van der Waals surface area contributed by atoms with Gasteiger partial charge >= 0.3 is 5.97 Å². The fourth-order valence-electron chi connectivity index (χ4n) is 1.77. The number of hydrogen-bond acceptors (Lipinski definition) is 3. The molecule has 0 saturated carbocycles. The Labute approximate surface area is 97.5 Å². The zero-order valence-corrected chi connectivity index (χ0v) is 9.40. The average Bonchev–Trinajstić information content (AvgIpc) is 2.30. The lowest BCUT2D eigenvalue weighted by Gasteiger charge is -2.02. The fourth-order valence-corrected chi connectivity index (χ4v) is 1.77. The van der Waals surface area contributed by atoms with Gasteiger partial charge in [-0.25, -0.2) is 4.79 Å². The Balaban J connectivity index is 2.69. The quantitative estimate of drug-likeness (QED) is 0.882. The first kappa shape index (κ1) is 11.4. The van der Waals surface area contributed by atoms with Gasteiger partial charge in [-0.2, -0.15) is 0 Å². The number of benzene rings is 1. The number of aromatic carboxylic acids is 1. The van der Waals surface area contributed by atoms with Crippen molar-refractivity contribution in [3.8, 4) is 0 Å². The predicted molar refractivity (Wildman–Crippen MR) is 63.4 cm³/mol. The summed E-state index contributed by atoms with van der Waals surface area (Å²) in [4.78, 5) is 22.7. The number of aryl methyl sites for hydroxylation is 1. The first-order chi connectivity index (χ1) is 8.13. The van der Waals surface area contributed by atoms with Crippen molar-refractivity contribution in [3.63, 3.8) is 0 Å². The third-order valence-corrected chi connectivity index (χ3v) is 2.61. The summed E-state index contributed by atoms with van der Waals surface area (Å²) >= 11 is 0. The molecule has 1 aromatic heterocycles. The highest BCUT2D eigenvalue weighted by Crippen LogP contribution is 2.15. The Kier molecular flexibility index (Phi) is 2.95. The molecule has 0 bridgehead atoms. The van der Waals surface area contributed by atoms with Gasteiger partial charge in [-0.15, -0.1) is 0 Å². The van der Waals surface area contributed by atoms with Gasteiger partial charge in [-0.3, -0.25) is 4.79 Å². The smallest absolute Gasteiger partial charge is 0.342 e. The van der Waals surface area contributed by atoms with Crippen molar-refractivity contribution in [2.45, 2.75) is 19.8 Å². The van der Waals surface area contributed by atoms with E-state index >= 15 is 0 Å². The van der Waals surface area contributed by atoms with Crippen LogP contribution in [0.25, 0.3) is 11.0 Å². The van der Waals surface area contributed by atoms with Gasteiger partial charge in [0, 0.05) is 0 Å². The molecule has 1 aromatic carbocycles. The van der Waals surface area contributed by atoms with Gasteiger partial charge in [0.05, 0.1) is 5.39 Å². The van der Waals surface area contributed by atoms with Crippen molar-refractivity contribution in [1.82, 2.24) is 0 Å². The normalized spacial score (nSPS) is 10.6. The van der Waals surface area contributed by atoms with Crippen LogP contribution in [-0.2, 0) is 6.42 Å². The molecule has 2 aromatic rings. The van der Waals surface area contributed by atoms with Crippen molar-refractivity contribution >= 4 is 16.9 Å². The number of carbonyl (C=O) groups is 1. The highest BCUT2D eigenvalue weighted by molar-refractivity contribution is 5.91. The van der Waals surface area contributed by atoms with E-state index in [0.717, 1.165) is 24.7 Å². The summed E-state index contributed by atoms with van der Waals surface area (Å²) in [5, 5.41) is 9.17. The van der Waals surface area contributed by atoms with E-state index < -0.39 is 11.4 Å². The van der Waals surface area contributed by atoms with Crippen LogP contribution in [0.15, 0.2) is 33.7 Å².